The molecule has 3 rings (SSSR count). The Morgan fingerprint density at radius 2 is 1.73 bits per heavy atom. The lowest BCUT2D eigenvalue weighted by Gasteiger charge is -2.21. The zero-order valence-corrected chi connectivity index (χ0v) is 21.5. The van der Waals surface area contributed by atoms with E-state index in [9.17, 15) is 14.4 Å². The second kappa shape index (κ2) is 14.3. The molecule has 9 nitrogen and oxygen atoms in total. The van der Waals surface area contributed by atoms with E-state index in [2.05, 4.69) is 25.8 Å². The Hall–Kier alpha value is -3.53. The lowest BCUT2D eigenvalue weighted by molar-refractivity contribution is -0.130. The van der Waals surface area contributed by atoms with Gasteiger partial charge in [-0.15, -0.1) is 0 Å². The maximum absolute atomic E-state index is 13.2. The van der Waals surface area contributed by atoms with Gasteiger partial charge in [-0.25, -0.2) is 4.84 Å². The molecule has 0 radical (unpaired) electrons. The topological polar surface area (TPSA) is 138 Å². The van der Waals surface area contributed by atoms with Crippen molar-refractivity contribution in [3.8, 4) is 0 Å². The van der Waals surface area contributed by atoms with Crippen LogP contribution in [-0.4, -0.2) is 47.4 Å². The Morgan fingerprint density at radius 1 is 1.00 bits per heavy atom. The van der Waals surface area contributed by atoms with Crippen LogP contribution in [-0.2, 0) is 20.8 Å². The maximum Gasteiger partial charge on any atom is 0.247 e. The van der Waals surface area contributed by atoms with E-state index in [-0.39, 0.29) is 18.4 Å². The minimum Gasteiger partial charge on any atom is -0.352 e. The van der Waals surface area contributed by atoms with Gasteiger partial charge in [0.25, 0.3) is 0 Å². The Labute approximate surface area is 221 Å². The van der Waals surface area contributed by atoms with Crippen molar-refractivity contribution in [2.24, 2.45) is 5.73 Å². The molecule has 0 aliphatic carbocycles. The summed E-state index contributed by atoms with van der Waals surface area (Å²) in [5.41, 5.74) is 8.38. The quantitative estimate of drug-likeness (QED) is 0.218. The fourth-order valence-electron chi connectivity index (χ4n) is 3.84. The average molecular weight is 525 g/mol. The molecule has 0 aliphatic heterocycles. The number of para-hydroxylation sites is 1. The number of amides is 3. The lowest BCUT2D eigenvalue weighted by Crippen LogP contribution is -2.52. The van der Waals surface area contributed by atoms with Crippen LogP contribution in [0.4, 0.5) is 5.69 Å². The standard InChI is InChI=1S/C27H33ClN6O3/c1-2-20(17-31-28)32-25(35)15-22(29)26(36)34-24(13-12-18-8-4-3-5-9-18)27(37)33-21-14-19-10-6-7-11-23(19)30-16-21/h3-11,14,16,20,22,24,31H,2,12-13,15,17,29H2,1H3,(H,32,35)(H,33,37)(H,34,36)/t20?,22-,24+/m0/s1. The molecular formula is C27H33ClN6O3. The first-order valence-electron chi connectivity index (χ1n) is 12.3. The van der Waals surface area contributed by atoms with Gasteiger partial charge in [0.2, 0.25) is 17.7 Å². The van der Waals surface area contributed by atoms with Crippen LogP contribution in [0, 0.1) is 0 Å². The molecule has 0 fully saturated rings. The van der Waals surface area contributed by atoms with Gasteiger partial charge in [-0.1, -0.05) is 55.5 Å². The van der Waals surface area contributed by atoms with Crippen LogP contribution >= 0.6 is 11.8 Å². The van der Waals surface area contributed by atoms with Crippen molar-refractivity contribution in [3.63, 3.8) is 0 Å². The van der Waals surface area contributed by atoms with Gasteiger partial charge in [-0.3, -0.25) is 19.4 Å². The van der Waals surface area contributed by atoms with Crippen molar-refractivity contribution >= 4 is 46.1 Å². The average Bonchev–Trinajstić information content (AvgIpc) is 2.90. The number of hydrogen-bond acceptors (Lipinski definition) is 6. The van der Waals surface area contributed by atoms with Crippen LogP contribution in [0.25, 0.3) is 10.9 Å². The minimum atomic E-state index is -1.11. The van der Waals surface area contributed by atoms with Crippen molar-refractivity contribution in [1.29, 1.82) is 0 Å². The number of carbonyl (C=O) groups excluding carboxylic acids is 3. The largest absolute Gasteiger partial charge is 0.352 e. The highest BCUT2D eigenvalue weighted by molar-refractivity contribution is 6.13. The maximum atomic E-state index is 13.2. The highest BCUT2D eigenvalue weighted by Gasteiger charge is 2.26. The fourth-order valence-corrected chi connectivity index (χ4v) is 4.03. The first-order valence-corrected chi connectivity index (χ1v) is 12.7. The third kappa shape index (κ3) is 8.82. The lowest BCUT2D eigenvalue weighted by atomic mass is 10.0. The van der Waals surface area contributed by atoms with Gasteiger partial charge < -0.3 is 21.7 Å². The van der Waals surface area contributed by atoms with E-state index in [4.69, 9.17) is 17.5 Å². The number of nitrogens with two attached hydrogens (primary N) is 1. The van der Waals surface area contributed by atoms with Crippen LogP contribution in [0.1, 0.15) is 31.7 Å². The number of pyridine rings is 1. The third-order valence-electron chi connectivity index (χ3n) is 5.98. The molecule has 1 aromatic heterocycles. The molecule has 2 aromatic carbocycles. The number of rotatable bonds is 13. The van der Waals surface area contributed by atoms with E-state index in [0.29, 0.717) is 31.5 Å². The fraction of sp³-hybridized carbons (Fsp3) is 0.333. The first kappa shape index (κ1) is 28.0. The summed E-state index contributed by atoms with van der Waals surface area (Å²) < 4.78 is 0. The molecule has 6 N–H and O–H groups in total. The van der Waals surface area contributed by atoms with E-state index >= 15 is 0 Å². The van der Waals surface area contributed by atoms with Gasteiger partial charge in [0, 0.05) is 18.0 Å². The number of carbonyl (C=O) groups is 3. The number of hydrogen-bond donors (Lipinski definition) is 5. The Kier molecular flexibility index (Phi) is 10.8. The number of halogens is 1. The SMILES string of the molecule is CCC(CNCl)NC(=O)C[C@H](N)C(=O)N[C@H](CCc1ccccc1)C(=O)Nc1cnc2ccccc2c1. The number of aromatic nitrogens is 1. The summed E-state index contributed by atoms with van der Waals surface area (Å²) >= 11 is 5.53. The third-order valence-corrected chi connectivity index (χ3v) is 6.13. The van der Waals surface area contributed by atoms with Crippen molar-refractivity contribution < 1.29 is 14.4 Å². The van der Waals surface area contributed by atoms with E-state index < -0.39 is 23.9 Å². The Morgan fingerprint density at radius 3 is 2.46 bits per heavy atom. The summed E-state index contributed by atoms with van der Waals surface area (Å²) in [6.45, 7) is 2.30. The summed E-state index contributed by atoms with van der Waals surface area (Å²) in [6, 6.07) is 16.9. The molecule has 1 unspecified atom stereocenters. The summed E-state index contributed by atoms with van der Waals surface area (Å²) in [6.07, 6.45) is 2.94. The predicted octanol–water partition coefficient (Wildman–Crippen LogP) is 2.65. The molecule has 0 bridgehead atoms. The number of benzene rings is 2. The molecule has 196 valence electrons. The molecule has 3 amide bonds. The molecular weight excluding hydrogens is 492 g/mol. The van der Waals surface area contributed by atoms with Crippen LogP contribution in [0.2, 0.25) is 0 Å². The van der Waals surface area contributed by atoms with Gasteiger partial charge in [0.05, 0.1) is 29.9 Å². The molecule has 1 heterocycles. The van der Waals surface area contributed by atoms with E-state index in [1.165, 1.54) is 0 Å². The molecule has 3 atom stereocenters. The highest BCUT2D eigenvalue weighted by Crippen LogP contribution is 2.17. The summed E-state index contributed by atoms with van der Waals surface area (Å²) in [5.74, 6) is -1.34. The van der Waals surface area contributed by atoms with Crippen LogP contribution in [0.3, 0.4) is 0 Å². The summed E-state index contributed by atoms with van der Waals surface area (Å²) in [5, 5.41) is 9.25. The molecule has 0 spiro atoms. The number of nitrogens with zero attached hydrogens (tertiary/aromatic N) is 1. The van der Waals surface area contributed by atoms with E-state index in [1.54, 1.807) is 6.20 Å². The van der Waals surface area contributed by atoms with Crippen molar-refractivity contribution in [2.45, 2.75) is 50.7 Å². The first-order chi connectivity index (χ1) is 17.9. The zero-order chi connectivity index (χ0) is 26.6. The van der Waals surface area contributed by atoms with Gasteiger partial charge in [0.15, 0.2) is 0 Å². The van der Waals surface area contributed by atoms with Gasteiger partial charge in [-0.2, -0.15) is 0 Å². The molecule has 10 heteroatoms. The van der Waals surface area contributed by atoms with Crippen molar-refractivity contribution in [2.75, 3.05) is 11.9 Å². The predicted molar refractivity (Wildman–Crippen MR) is 146 cm³/mol. The van der Waals surface area contributed by atoms with Crippen LogP contribution < -0.4 is 26.5 Å². The molecule has 3 aromatic rings. The number of anilines is 1. The molecule has 0 saturated carbocycles. The number of aryl methyl sites for hydroxylation is 1. The van der Waals surface area contributed by atoms with Gasteiger partial charge >= 0.3 is 0 Å². The van der Waals surface area contributed by atoms with Crippen molar-refractivity contribution in [1.82, 2.24) is 20.5 Å². The molecule has 0 saturated heterocycles. The van der Waals surface area contributed by atoms with Gasteiger partial charge in [-0.05, 0) is 48.7 Å². The Bertz CT molecular complexity index is 1190. The highest BCUT2D eigenvalue weighted by atomic mass is 35.5. The second-order valence-corrected chi connectivity index (χ2v) is 9.08. The minimum absolute atomic E-state index is 0.180. The molecule has 0 aliphatic rings. The summed E-state index contributed by atoms with van der Waals surface area (Å²) in [7, 11) is 0. The van der Waals surface area contributed by atoms with Crippen LogP contribution in [0.5, 0.6) is 0 Å². The smallest absolute Gasteiger partial charge is 0.247 e. The second-order valence-electron chi connectivity index (χ2n) is 8.81. The monoisotopic (exact) mass is 524 g/mol. The van der Waals surface area contributed by atoms with Crippen molar-refractivity contribution in [3.05, 3.63) is 72.4 Å². The van der Waals surface area contributed by atoms with E-state index in [0.717, 1.165) is 16.5 Å². The molecule has 37 heavy (non-hydrogen) atoms. The normalized spacial score (nSPS) is 13.4. The summed E-state index contributed by atoms with van der Waals surface area (Å²) in [4.78, 5) is 45.3. The zero-order valence-electron chi connectivity index (χ0n) is 20.7. The Balaban J connectivity index is 1.66. The van der Waals surface area contributed by atoms with Crippen LogP contribution in [0.15, 0.2) is 66.9 Å². The number of fused-ring (bicyclic) bond motifs is 1. The van der Waals surface area contributed by atoms with Gasteiger partial charge in [0.1, 0.15) is 6.04 Å². The van der Waals surface area contributed by atoms with E-state index in [1.807, 2.05) is 67.6 Å². The number of nitrogens with one attached hydrogen (secondary N) is 4.